The Morgan fingerprint density at radius 1 is 1.40 bits per heavy atom. The summed E-state index contributed by atoms with van der Waals surface area (Å²) < 4.78 is 13.2. The zero-order chi connectivity index (χ0) is 10.7. The standard InChI is InChI=1S/C8H10FNO4.ClH/c9-2-1-8(10,7(13)14)5-3(2)4(5)6(11)12;/h2-5H,1,10H2,(H,11,12)(H,13,14);1H/t2-,3+,4+,5+,8+;/m1./s1. The van der Waals surface area contributed by atoms with Crippen molar-refractivity contribution >= 4 is 24.3 Å². The highest BCUT2D eigenvalue weighted by atomic mass is 35.5. The number of hydrogen-bond acceptors (Lipinski definition) is 3. The topological polar surface area (TPSA) is 101 Å². The number of rotatable bonds is 2. The van der Waals surface area contributed by atoms with Crippen LogP contribution in [0.25, 0.3) is 0 Å². The first-order valence-electron chi connectivity index (χ1n) is 4.28. The molecule has 0 aromatic carbocycles. The van der Waals surface area contributed by atoms with E-state index < -0.39 is 41.4 Å². The quantitative estimate of drug-likeness (QED) is 0.624. The summed E-state index contributed by atoms with van der Waals surface area (Å²) in [5.74, 6) is -4.82. The molecular formula is C8H11ClFNO4. The maximum atomic E-state index is 13.2. The first-order chi connectivity index (χ1) is 6.39. The van der Waals surface area contributed by atoms with E-state index in [2.05, 4.69) is 0 Å². The second kappa shape index (κ2) is 3.31. The summed E-state index contributed by atoms with van der Waals surface area (Å²) in [6, 6.07) is 0. The SMILES string of the molecule is Cl.N[C@@]1(C(=O)O)C[C@@H](F)[C@H]2[C@H](C(=O)O)[C@H]21. The van der Waals surface area contributed by atoms with E-state index in [0.29, 0.717) is 0 Å². The summed E-state index contributed by atoms with van der Waals surface area (Å²) in [5, 5.41) is 17.5. The van der Waals surface area contributed by atoms with Gasteiger partial charge in [0.25, 0.3) is 0 Å². The van der Waals surface area contributed by atoms with Crippen molar-refractivity contribution in [2.75, 3.05) is 0 Å². The van der Waals surface area contributed by atoms with Crippen molar-refractivity contribution in [2.24, 2.45) is 23.5 Å². The molecule has 2 fully saturated rings. The normalized spacial score (nSPS) is 46.5. The molecule has 2 rings (SSSR count). The lowest BCUT2D eigenvalue weighted by atomic mass is 9.91. The minimum atomic E-state index is -1.69. The van der Waals surface area contributed by atoms with Gasteiger partial charge in [0.2, 0.25) is 0 Å². The number of nitrogens with two attached hydrogens (primary N) is 1. The molecule has 4 N–H and O–H groups in total. The van der Waals surface area contributed by atoms with Crippen LogP contribution < -0.4 is 5.73 Å². The molecule has 2 saturated carbocycles. The predicted octanol–water partition coefficient (Wildman–Crippen LogP) is -0.121. The van der Waals surface area contributed by atoms with Crippen LogP contribution in [0.15, 0.2) is 0 Å². The summed E-state index contributed by atoms with van der Waals surface area (Å²) in [7, 11) is 0. The fraction of sp³-hybridized carbons (Fsp3) is 0.750. The molecule has 0 unspecified atom stereocenters. The number of alkyl halides is 1. The van der Waals surface area contributed by atoms with Gasteiger partial charge in [0.1, 0.15) is 11.7 Å². The Labute approximate surface area is 90.9 Å². The zero-order valence-electron chi connectivity index (χ0n) is 7.59. The van der Waals surface area contributed by atoms with Gasteiger partial charge >= 0.3 is 11.9 Å². The van der Waals surface area contributed by atoms with E-state index in [9.17, 15) is 14.0 Å². The Morgan fingerprint density at radius 3 is 2.27 bits per heavy atom. The average molecular weight is 240 g/mol. The van der Waals surface area contributed by atoms with Gasteiger partial charge in [-0.05, 0) is 0 Å². The lowest BCUT2D eigenvalue weighted by Crippen LogP contribution is -2.50. The third kappa shape index (κ3) is 1.39. The van der Waals surface area contributed by atoms with Gasteiger partial charge in [0, 0.05) is 18.3 Å². The Balaban J connectivity index is 0.00000112. The average Bonchev–Trinajstić information content (AvgIpc) is 2.72. The first kappa shape index (κ1) is 12.2. The van der Waals surface area contributed by atoms with Gasteiger partial charge in [0.05, 0.1) is 5.92 Å². The Kier molecular flexibility index (Phi) is 2.69. The molecule has 15 heavy (non-hydrogen) atoms. The second-order valence-corrected chi connectivity index (χ2v) is 4.03. The number of aliphatic carboxylic acids is 2. The largest absolute Gasteiger partial charge is 0.481 e. The van der Waals surface area contributed by atoms with Crippen LogP contribution in [0, 0.1) is 17.8 Å². The van der Waals surface area contributed by atoms with Crippen molar-refractivity contribution in [2.45, 2.75) is 18.1 Å². The lowest BCUT2D eigenvalue weighted by Gasteiger charge is -2.21. The maximum Gasteiger partial charge on any atom is 0.324 e. The van der Waals surface area contributed by atoms with Crippen LogP contribution in [0.4, 0.5) is 4.39 Å². The minimum absolute atomic E-state index is 0. The van der Waals surface area contributed by atoms with Gasteiger partial charge in [-0.3, -0.25) is 9.59 Å². The highest BCUT2D eigenvalue weighted by Crippen LogP contribution is 2.62. The smallest absolute Gasteiger partial charge is 0.324 e. The van der Waals surface area contributed by atoms with Crippen LogP contribution in [-0.4, -0.2) is 33.9 Å². The molecule has 0 spiro atoms. The second-order valence-electron chi connectivity index (χ2n) is 4.03. The minimum Gasteiger partial charge on any atom is -0.481 e. The highest BCUT2D eigenvalue weighted by Gasteiger charge is 2.74. The van der Waals surface area contributed by atoms with Gasteiger partial charge in [0.15, 0.2) is 0 Å². The zero-order valence-corrected chi connectivity index (χ0v) is 8.41. The van der Waals surface area contributed by atoms with Crippen LogP contribution in [0.1, 0.15) is 6.42 Å². The van der Waals surface area contributed by atoms with E-state index in [1.807, 2.05) is 0 Å². The molecule has 0 radical (unpaired) electrons. The Morgan fingerprint density at radius 2 is 1.93 bits per heavy atom. The van der Waals surface area contributed by atoms with Crippen molar-refractivity contribution in [1.29, 1.82) is 0 Å². The van der Waals surface area contributed by atoms with E-state index in [4.69, 9.17) is 15.9 Å². The predicted molar refractivity (Wildman–Crippen MR) is 49.4 cm³/mol. The maximum absolute atomic E-state index is 13.2. The summed E-state index contributed by atoms with van der Waals surface area (Å²) in [4.78, 5) is 21.4. The third-order valence-corrected chi connectivity index (χ3v) is 3.30. The van der Waals surface area contributed by atoms with Crippen molar-refractivity contribution in [3.63, 3.8) is 0 Å². The number of hydrogen-bond donors (Lipinski definition) is 3. The molecule has 0 aliphatic heterocycles. The first-order valence-corrected chi connectivity index (χ1v) is 4.28. The van der Waals surface area contributed by atoms with E-state index in [1.54, 1.807) is 0 Å². The van der Waals surface area contributed by atoms with Gasteiger partial charge in [-0.1, -0.05) is 0 Å². The summed E-state index contributed by atoms with van der Waals surface area (Å²) in [6.07, 6.45) is -1.68. The van der Waals surface area contributed by atoms with E-state index in [1.165, 1.54) is 0 Å². The van der Waals surface area contributed by atoms with Gasteiger partial charge in [-0.15, -0.1) is 12.4 Å². The number of carboxylic acids is 2. The van der Waals surface area contributed by atoms with Crippen LogP contribution in [0.3, 0.4) is 0 Å². The van der Waals surface area contributed by atoms with Gasteiger partial charge < -0.3 is 15.9 Å². The van der Waals surface area contributed by atoms with E-state index >= 15 is 0 Å². The number of carbonyl (C=O) groups is 2. The van der Waals surface area contributed by atoms with E-state index in [-0.39, 0.29) is 18.8 Å². The fourth-order valence-electron chi connectivity index (χ4n) is 2.59. The Bertz CT molecular complexity index is 326. The molecule has 5 atom stereocenters. The molecule has 2 aliphatic carbocycles. The molecule has 0 amide bonds. The van der Waals surface area contributed by atoms with Crippen LogP contribution in [-0.2, 0) is 9.59 Å². The monoisotopic (exact) mass is 239 g/mol. The molecule has 0 aromatic rings. The van der Waals surface area contributed by atoms with E-state index in [0.717, 1.165) is 0 Å². The molecule has 7 heteroatoms. The number of halogens is 2. The van der Waals surface area contributed by atoms with Crippen LogP contribution in [0.5, 0.6) is 0 Å². The van der Waals surface area contributed by atoms with Crippen molar-refractivity contribution in [1.82, 2.24) is 0 Å². The molecule has 0 heterocycles. The molecule has 2 aliphatic rings. The molecule has 0 bridgehead atoms. The van der Waals surface area contributed by atoms with Gasteiger partial charge in [-0.2, -0.15) is 0 Å². The highest BCUT2D eigenvalue weighted by molar-refractivity contribution is 5.85. The summed E-state index contributed by atoms with van der Waals surface area (Å²) in [5.41, 5.74) is 3.82. The van der Waals surface area contributed by atoms with Crippen molar-refractivity contribution < 1.29 is 24.2 Å². The third-order valence-electron chi connectivity index (χ3n) is 3.30. The molecular weight excluding hydrogens is 229 g/mol. The number of fused-ring (bicyclic) bond motifs is 1. The summed E-state index contributed by atoms with van der Waals surface area (Å²) >= 11 is 0. The van der Waals surface area contributed by atoms with Crippen LogP contribution >= 0.6 is 12.4 Å². The van der Waals surface area contributed by atoms with Crippen molar-refractivity contribution in [3.05, 3.63) is 0 Å². The number of carboxylic acid groups (broad SMARTS) is 2. The fourth-order valence-corrected chi connectivity index (χ4v) is 2.59. The Hall–Kier alpha value is -0.880. The lowest BCUT2D eigenvalue weighted by molar-refractivity contribution is -0.145. The molecule has 0 saturated heterocycles. The molecule has 86 valence electrons. The van der Waals surface area contributed by atoms with Gasteiger partial charge in [-0.25, -0.2) is 4.39 Å². The molecule has 5 nitrogen and oxygen atoms in total. The molecule has 0 aromatic heterocycles. The van der Waals surface area contributed by atoms with Crippen molar-refractivity contribution in [3.8, 4) is 0 Å². The summed E-state index contributed by atoms with van der Waals surface area (Å²) in [6.45, 7) is 0. The van der Waals surface area contributed by atoms with Crippen LogP contribution in [0.2, 0.25) is 0 Å².